The van der Waals surface area contributed by atoms with Gasteiger partial charge in [0.1, 0.15) is 22.9 Å². The third-order valence-electron chi connectivity index (χ3n) is 2.48. The van der Waals surface area contributed by atoms with Gasteiger partial charge in [0.25, 0.3) is 0 Å². The smallest absolute Gasteiger partial charge is 0.320 e. The van der Waals surface area contributed by atoms with E-state index in [-0.39, 0.29) is 0 Å². The number of fused-ring (bicyclic) bond motifs is 1. The van der Waals surface area contributed by atoms with Crippen molar-refractivity contribution >= 4 is 28.9 Å². The number of hydrogen-bond donors (Lipinski definition) is 3. The summed E-state index contributed by atoms with van der Waals surface area (Å²) >= 11 is 1.49. The third kappa shape index (κ3) is 2.77. The largest absolute Gasteiger partial charge is 0.480 e. The van der Waals surface area contributed by atoms with E-state index in [1.165, 1.54) is 18.1 Å². The van der Waals surface area contributed by atoms with Crippen molar-refractivity contribution in [2.24, 2.45) is 0 Å². The predicted octanol–water partition coefficient (Wildman–Crippen LogP) is 0.508. The lowest BCUT2D eigenvalue weighted by atomic mass is 10.2. The number of nitrogens with zero attached hydrogens (tertiary/aromatic N) is 3. The lowest BCUT2D eigenvalue weighted by Crippen LogP contribution is -2.34. The number of aliphatic carboxylic acids is 1. The molecule has 0 spiro atoms. The van der Waals surface area contributed by atoms with Gasteiger partial charge in [0.05, 0.1) is 6.33 Å². The number of aromatic nitrogens is 4. The van der Waals surface area contributed by atoms with Crippen LogP contribution in [0.5, 0.6) is 0 Å². The summed E-state index contributed by atoms with van der Waals surface area (Å²) in [7, 11) is 1.64. The summed E-state index contributed by atoms with van der Waals surface area (Å²) in [5, 5.41) is 12.4. The van der Waals surface area contributed by atoms with Crippen molar-refractivity contribution in [2.45, 2.75) is 17.5 Å². The minimum Gasteiger partial charge on any atom is -0.480 e. The number of carbonyl (C=O) groups is 1. The average Bonchev–Trinajstić information content (AvgIpc) is 2.83. The molecular formula is C10H13N5O2S. The number of carboxylic acid groups (broad SMARTS) is 1. The number of likely N-dealkylation sites (N-methyl/N-ethyl adjacent to an activating group) is 1. The lowest BCUT2D eigenvalue weighted by Gasteiger charge is -2.09. The number of H-pyrrole nitrogens is 1. The van der Waals surface area contributed by atoms with E-state index in [4.69, 9.17) is 5.11 Å². The molecule has 0 aliphatic heterocycles. The standard InChI is InChI=1S/C10H13N5O2S/c1-11-6(10(16)17)2-3-18-9-7-8(13-4-12-7)14-5-15-9/h4-6,11H,2-3H2,1H3,(H,16,17)(H,12,13,14,15). The zero-order valence-corrected chi connectivity index (χ0v) is 10.6. The van der Waals surface area contributed by atoms with Gasteiger partial charge in [0, 0.05) is 5.75 Å². The van der Waals surface area contributed by atoms with Crippen LogP contribution >= 0.6 is 11.8 Å². The molecule has 1 atom stereocenters. The van der Waals surface area contributed by atoms with Crippen molar-refractivity contribution < 1.29 is 9.90 Å². The molecule has 2 rings (SSSR count). The molecule has 2 aromatic rings. The second-order valence-electron chi connectivity index (χ2n) is 3.60. The molecule has 7 nitrogen and oxygen atoms in total. The van der Waals surface area contributed by atoms with Crippen LogP contribution in [0.15, 0.2) is 17.7 Å². The van der Waals surface area contributed by atoms with Crippen molar-refractivity contribution in [3.8, 4) is 0 Å². The second-order valence-corrected chi connectivity index (χ2v) is 4.68. The molecule has 0 bridgehead atoms. The van der Waals surface area contributed by atoms with E-state index in [1.807, 2.05) is 0 Å². The molecule has 0 amide bonds. The number of aromatic amines is 1. The predicted molar refractivity (Wildman–Crippen MR) is 67.5 cm³/mol. The van der Waals surface area contributed by atoms with E-state index < -0.39 is 12.0 Å². The maximum Gasteiger partial charge on any atom is 0.320 e. The van der Waals surface area contributed by atoms with Crippen LogP contribution < -0.4 is 5.32 Å². The summed E-state index contributed by atoms with van der Waals surface area (Å²) in [5.41, 5.74) is 1.41. The fraction of sp³-hybridized carbons (Fsp3) is 0.400. The van der Waals surface area contributed by atoms with Crippen molar-refractivity contribution in [1.82, 2.24) is 25.3 Å². The SMILES string of the molecule is CNC(CCSc1ncnc2nc[nH]c12)C(=O)O. The van der Waals surface area contributed by atoms with Crippen LogP contribution in [0.3, 0.4) is 0 Å². The average molecular weight is 267 g/mol. The third-order valence-corrected chi connectivity index (χ3v) is 3.50. The first-order chi connectivity index (χ1) is 8.72. The topological polar surface area (TPSA) is 104 Å². The van der Waals surface area contributed by atoms with E-state index >= 15 is 0 Å². The summed E-state index contributed by atoms with van der Waals surface area (Å²) < 4.78 is 0. The summed E-state index contributed by atoms with van der Waals surface area (Å²) in [4.78, 5) is 26.0. The van der Waals surface area contributed by atoms with E-state index in [0.717, 1.165) is 10.5 Å². The molecule has 0 aromatic carbocycles. The van der Waals surface area contributed by atoms with Crippen LogP contribution in [-0.4, -0.2) is 49.9 Å². The van der Waals surface area contributed by atoms with E-state index in [1.54, 1.807) is 13.4 Å². The normalized spacial score (nSPS) is 12.7. The number of imidazole rings is 1. The highest BCUT2D eigenvalue weighted by atomic mass is 32.2. The minimum absolute atomic E-state index is 0.524. The van der Waals surface area contributed by atoms with Crippen LogP contribution in [0, 0.1) is 0 Å². The molecule has 2 heterocycles. The molecular weight excluding hydrogens is 254 g/mol. The van der Waals surface area contributed by atoms with Crippen molar-refractivity contribution in [1.29, 1.82) is 0 Å². The summed E-state index contributed by atoms with van der Waals surface area (Å²) in [6.07, 6.45) is 3.55. The molecule has 0 aliphatic carbocycles. The molecule has 1 unspecified atom stereocenters. The Labute approximate surface area is 107 Å². The molecule has 0 aliphatic rings. The van der Waals surface area contributed by atoms with Crippen LogP contribution in [0.25, 0.3) is 11.2 Å². The first kappa shape index (κ1) is 12.8. The molecule has 0 fully saturated rings. The first-order valence-electron chi connectivity index (χ1n) is 5.39. The van der Waals surface area contributed by atoms with Gasteiger partial charge in [-0.05, 0) is 13.5 Å². The van der Waals surface area contributed by atoms with E-state index in [2.05, 4.69) is 25.3 Å². The van der Waals surface area contributed by atoms with Crippen LogP contribution in [0.1, 0.15) is 6.42 Å². The summed E-state index contributed by atoms with van der Waals surface area (Å²) in [6, 6.07) is -0.531. The highest BCUT2D eigenvalue weighted by Crippen LogP contribution is 2.22. The molecule has 0 radical (unpaired) electrons. The lowest BCUT2D eigenvalue weighted by molar-refractivity contribution is -0.139. The van der Waals surface area contributed by atoms with Crippen LogP contribution in [-0.2, 0) is 4.79 Å². The second kappa shape index (κ2) is 5.78. The Hall–Kier alpha value is -1.67. The molecule has 18 heavy (non-hydrogen) atoms. The maximum absolute atomic E-state index is 10.8. The number of rotatable bonds is 6. The Morgan fingerprint density at radius 3 is 3.11 bits per heavy atom. The highest BCUT2D eigenvalue weighted by molar-refractivity contribution is 7.99. The Bertz CT molecular complexity index is 544. The van der Waals surface area contributed by atoms with Gasteiger partial charge in [-0.3, -0.25) is 4.79 Å². The van der Waals surface area contributed by atoms with Crippen LogP contribution in [0.2, 0.25) is 0 Å². The Balaban J connectivity index is 1.98. The molecule has 0 saturated heterocycles. The maximum atomic E-state index is 10.8. The Morgan fingerprint density at radius 1 is 1.56 bits per heavy atom. The highest BCUT2D eigenvalue weighted by Gasteiger charge is 2.15. The van der Waals surface area contributed by atoms with Gasteiger partial charge in [0.2, 0.25) is 0 Å². The zero-order chi connectivity index (χ0) is 13.0. The van der Waals surface area contributed by atoms with Gasteiger partial charge in [0.15, 0.2) is 5.65 Å². The molecule has 96 valence electrons. The number of nitrogens with one attached hydrogen (secondary N) is 2. The monoisotopic (exact) mass is 267 g/mol. The number of carboxylic acids is 1. The van der Waals surface area contributed by atoms with E-state index in [9.17, 15) is 4.79 Å². The molecule has 8 heteroatoms. The molecule has 2 aromatic heterocycles. The zero-order valence-electron chi connectivity index (χ0n) is 9.75. The number of hydrogen-bond acceptors (Lipinski definition) is 6. The van der Waals surface area contributed by atoms with Gasteiger partial charge >= 0.3 is 5.97 Å². The van der Waals surface area contributed by atoms with Gasteiger partial charge < -0.3 is 15.4 Å². The summed E-state index contributed by atoms with van der Waals surface area (Å²) in [6.45, 7) is 0. The minimum atomic E-state index is -0.840. The fourth-order valence-corrected chi connectivity index (χ4v) is 2.48. The summed E-state index contributed by atoms with van der Waals surface area (Å²) in [5.74, 6) is -0.185. The van der Waals surface area contributed by atoms with Crippen molar-refractivity contribution in [3.05, 3.63) is 12.7 Å². The quantitative estimate of drug-likeness (QED) is 0.517. The molecule has 3 N–H and O–H groups in total. The Kier molecular flexibility index (Phi) is 4.11. The Morgan fingerprint density at radius 2 is 2.39 bits per heavy atom. The van der Waals surface area contributed by atoms with Gasteiger partial charge in [-0.1, -0.05) is 0 Å². The van der Waals surface area contributed by atoms with Crippen LogP contribution in [0.4, 0.5) is 0 Å². The van der Waals surface area contributed by atoms with Crippen molar-refractivity contribution in [3.63, 3.8) is 0 Å². The number of thioether (sulfide) groups is 1. The van der Waals surface area contributed by atoms with Crippen molar-refractivity contribution in [2.75, 3.05) is 12.8 Å². The van der Waals surface area contributed by atoms with Gasteiger partial charge in [-0.15, -0.1) is 11.8 Å². The van der Waals surface area contributed by atoms with Gasteiger partial charge in [-0.2, -0.15) is 0 Å². The first-order valence-corrected chi connectivity index (χ1v) is 6.38. The molecule has 0 saturated carbocycles. The van der Waals surface area contributed by atoms with E-state index in [0.29, 0.717) is 17.8 Å². The van der Waals surface area contributed by atoms with Gasteiger partial charge in [-0.25, -0.2) is 15.0 Å². The fourth-order valence-electron chi connectivity index (χ4n) is 1.52.